The Morgan fingerprint density at radius 1 is 1.25 bits per heavy atom. The zero-order valence-electron chi connectivity index (χ0n) is 11.6. The molecule has 0 bridgehead atoms. The maximum absolute atomic E-state index is 12.2. The van der Waals surface area contributed by atoms with Crippen molar-refractivity contribution in [2.45, 2.75) is 25.9 Å². The highest BCUT2D eigenvalue weighted by Gasteiger charge is 2.31. The van der Waals surface area contributed by atoms with Crippen LogP contribution in [0.3, 0.4) is 0 Å². The van der Waals surface area contributed by atoms with Crippen molar-refractivity contribution in [3.8, 4) is 0 Å². The molecule has 1 aromatic carbocycles. The van der Waals surface area contributed by atoms with Crippen molar-refractivity contribution >= 4 is 17.7 Å². The number of nitrogens with two attached hydrogens (primary N) is 1. The molecule has 2 rings (SSSR count). The van der Waals surface area contributed by atoms with Crippen LogP contribution in [0, 0.1) is 0 Å². The zero-order chi connectivity index (χ0) is 14.9. The minimum absolute atomic E-state index is 0.0183. The summed E-state index contributed by atoms with van der Waals surface area (Å²) in [4.78, 5) is 26.5. The quantitative estimate of drug-likeness (QED) is 0.871. The molecule has 1 aromatic rings. The molecule has 20 heavy (non-hydrogen) atoms. The standard InChI is InChI=1S/C14H19N3O3/c1-9(2)16-7-8-17(14(16)20)11-5-3-10(4-6-11)12(15)13(18)19/h3-6,9,12H,7-8,15H2,1-2H3,(H,18,19). The molecule has 0 radical (unpaired) electrons. The second kappa shape index (κ2) is 5.50. The Bertz CT molecular complexity index is 513. The van der Waals surface area contributed by atoms with E-state index in [9.17, 15) is 9.59 Å². The van der Waals surface area contributed by atoms with Gasteiger partial charge < -0.3 is 15.7 Å². The third-order valence-electron chi connectivity index (χ3n) is 3.49. The molecular weight excluding hydrogens is 258 g/mol. The van der Waals surface area contributed by atoms with Crippen molar-refractivity contribution in [3.63, 3.8) is 0 Å². The second-order valence-electron chi connectivity index (χ2n) is 5.13. The first kappa shape index (κ1) is 14.3. The van der Waals surface area contributed by atoms with Gasteiger partial charge in [-0.05, 0) is 31.5 Å². The number of hydrogen-bond donors (Lipinski definition) is 2. The normalized spacial score (nSPS) is 16.9. The number of carboxylic acids is 1. The predicted molar refractivity (Wildman–Crippen MR) is 75.6 cm³/mol. The minimum atomic E-state index is -1.07. The number of amides is 2. The fourth-order valence-electron chi connectivity index (χ4n) is 2.28. The number of benzene rings is 1. The molecule has 0 spiro atoms. The first-order chi connectivity index (χ1) is 9.41. The van der Waals surface area contributed by atoms with Crippen molar-refractivity contribution in [1.82, 2.24) is 4.90 Å². The van der Waals surface area contributed by atoms with Crippen LogP contribution in [0.1, 0.15) is 25.5 Å². The molecule has 108 valence electrons. The third-order valence-corrected chi connectivity index (χ3v) is 3.49. The topological polar surface area (TPSA) is 86.9 Å². The highest BCUT2D eigenvalue weighted by molar-refractivity contribution is 5.94. The van der Waals surface area contributed by atoms with Crippen molar-refractivity contribution in [3.05, 3.63) is 29.8 Å². The number of carboxylic acid groups (broad SMARTS) is 1. The van der Waals surface area contributed by atoms with Crippen molar-refractivity contribution in [2.24, 2.45) is 5.73 Å². The molecule has 0 aliphatic carbocycles. The van der Waals surface area contributed by atoms with E-state index in [1.165, 1.54) is 0 Å². The van der Waals surface area contributed by atoms with Crippen LogP contribution in [0.5, 0.6) is 0 Å². The number of aliphatic carboxylic acids is 1. The van der Waals surface area contributed by atoms with Gasteiger partial charge in [0, 0.05) is 24.8 Å². The van der Waals surface area contributed by atoms with Crippen LogP contribution >= 0.6 is 0 Å². The van der Waals surface area contributed by atoms with Gasteiger partial charge in [-0.1, -0.05) is 12.1 Å². The summed E-state index contributed by atoms with van der Waals surface area (Å²) in [6, 6.07) is 5.89. The fourth-order valence-corrected chi connectivity index (χ4v) is 2.28. The molecule has 1 saturated heterocycles. The Morgan fingerprint density at radius 2 is 1.85 bits per heavy atom. The lowest BCUT2D eigenvalue weighted by molar-refractivity contribution is -0.138. The average Bonchev–Trinajstić information content (AvgIpc) is 2.80. The van der Waals surface area contributed by atoms with Crippen molar-refractivity contribution < 1.29 is 14.7 Å². The van der Waals surface area contributed by atoms with Gasteiger partial charge in [0.15, 0.2) is 0 Å². The second-order valence-corrected chi connectivity index (χ2v) is 5.13. The monoisotopic (exact) mass is 277 g/mol. The van der Waals surface area contributed by atoms with E-state index in [4.69, 9.17) is 10.8 Å². The number of anilines is 1. The van der Waals surface area contributed by atoms with Gasteiger partial charge in [0.2, 0.25) is 0 Å². The summed E-state index contributed by atoms with van der Waals surface area (Å²) >= 11 is 0. The molecule has 1 aliphatic heterocycles. The van der Waals surface area contributed by atoms with Gasteiger partial charge in [0.25, 0.3) is 0 Å². The van der Waals surface area contributed by atoms with Crippen LogP contribution < -0.4 is 10.6 Å². The van der Waals surface area contributed by atoms with Crippen molar-refractivity contribution in [2.75, 3.05) is 18.0 Å². The van der Waals surface area contributed by atoms with E-state index >= 15 is 0 Å². The predicted octanol–water partition coefficient (Wildman–Crippen LogP) is 1.42. The summed E-state index contributed by atoms with van der Waals surface area (Å²) in [6.45, 7) is 5.31. The number of urea groups is 1. The smallest absolute Gasteiger partial charge is 0.325 e. The minimum Gasteiger partial charge on any atom is -0.480 e. The Morgan fingerprint density at radius 3 is 2.30 bits per heavy atom. The molecule has 1 aliphatic rings. The molecule has 1 fully saturated rings. The first-order valence-electron chi connectivity index (χ1n) is 6.58. The first-order valence-corrected chi connectivity index (χ1v) is 6.58. The van der Waals surface area contributed by atoms with E-state index in [0.29, 0.717) is 18.7 Å². The molecule has 1 unspecified atom stereocenters. The number of carbonyl (C=O) groups excluding carboxylic acids is 1. The highest BCUT2D eigenvalue weighted by atomic mass is 16.4. The van der Waals surface area contributed by atoms with E-state index in [1.807, 2.05) is 13.8 Å². The molecule has 3 N–H and O–H groups in total. The van der Waals surface area contributed by atoms with E-state index in [2.05, 4.69) is 0 Å². The van der Waals surface area contributed by atoms with Gasteiger partial charge in [0.1, 0.15) is 6.04 Å². The Balaban J connectivity index is 2.15. The number of rotatable bonds is 4. The summed E-state index contributed by atoms with van der Waals surface area (Å²) in [5, 5.41) is 8.86. The van der Waals surface area contributed by atoms with Gasteiger partial charge in [-0.15, -0.1) is 0 Å². The van der Waals surface area contributed by atoms with E-state index < -0.39 is 12.0 Å². The molecule has 0 aromatic heterocycles. The number of hydrogen-bond acceptors (Lipinski definition) is 3. The summed E-state index contributed by atoms with van der Waals surface area (Å²) in [6.07, 6.45) is 0. The molecule has 1 heterocycles. The van der Waals surface area contributed by atoms with E-state index in [0.717, 1.165) is 5.69 Å². The number of nitrogens with zero attached hydrogens (tertiary/aromatic N) is 2. The van der Waals surface area contributed by atoms with Crippen LogP contribution in [0.4, 0.5) is 10.5 Å². The lowest BCUT2D eigenvalue weighted by Gasteiger charge is -2.22. The third kappa shape index (κ3) is 2.60. The van der Waals surface area contributed by atoms with Crippen LogP contribution in [-0.4, -0.2) is 41.1 Å². The maximum Gasteiger partial charge on any atom is 0.325 e. The van der Waals surface area contributed by atoms with Gasteiger partial charge in [-0.2, -0.15) is 0 Å². The van der Waals surface area contributed by atoms with Crippen LogP contribution in [-0.2, 0) is 4.79 Å². The maximum atomic E-state index is 12.2. The Labute approximate surface area is 117 Å². The van der Waals surface area contributed by atoms with E-state index in [1.54, 1.807) is 34.1 Å². The molecule has 1 atom stereocenters. The average molecular weight is 277 g/mol. The highest BCUT2D eigenvalue weighted by Crippen LogP contribution is 2.23. The van der Waals surface area contributed by atoms with Gasteiger partial charge >= 0.3 is 12.0 Å². The lowest BCUT2D eigenvalue weighted by atomic mass is 10.1. The van der Waals surface area contributed by atoms with Crippen molar-refractivity contribution in [1.29, 1.82) is 0 Å². The van der Waals surface area contributed by atoms with Gasteiger partial charge in [-0.3, -0.25) is 9.69 Å². The largest absolute Gasteiger partial charge is 0.480 e. The summed E-state index contributed by atoms with van der Waals surface area (Å²) in [5.41, 5.74) is 6.83. The summed E-state index contributed by atoms with van der Waals surface area (Å²) in [7, 11) is 0. The van der Waals surface area contributed by atoms with Gasteiger partial charge in [-0.25, -0.2) is 4.79 Å². The van der Waals surface area contributed by atoms with Crippen LogP contribution in [0.2, 0.25) is 0 Å². The summed E-state index contributed by atoms with van der Waals surface area (Å²) in [5.74, 6) is -1.07. The molecule has 2 amide bonds. The van der Waals surface area contributed by atoms with E-state index in [-0.39, 0.29) is 12.1 Å². The zero-order valence-corrected chi connectivity index (χ0v) is 11.6. The Hall–Kier alpha value is -2.08. The lowest BCUT2D eigenvalue weighted by Crippen LogP contribution is -2.36. The van der Waals surface area contributed by atoms with Crippen LogP contribution in [0.15, 0.2) is 24.3 Å². The molecule has 6 heteroatoms. The molecule has 0 saturated carbocycles. The Kier molecular flexibility index (Phi) is 3.94. The molecule has 6 nitrogen and oxygen atoms in total. The van der Waals surface area contributed by atoms with Gasteiger partial charge in [0.05, 0.1) is 0 Å². The fraction of sp³-hybridized carbons (Fsp3) is 0.429. The number of carbonyl (C=O) groups is 2. The summed E-state index contributed by atoms with van der Waals surface area (Å²) < 4.78 is 0. The molecular formula is C14H19N3O3. The van der Waals surface area contributed by atoms with Crippen LogP contribution in [0.25, 0.3) is 0 Å². The SMILES string of the molecule is CC(C)N1CCN(c2ccc(C(N)C(=O)O)cc2)C1=O.